The van der Waals surface area contributed by atoms with Crippen LogP contribution in [-0.4, -0.2) is 25.1 Å². The second kappa shape index (κ2) is 10.0. The van der Waals surface area contributed by atoms with Crippen LogP contribution in [0.3, 0.4) is 0 Å². The number of esters is 1. The lowest BCUT2D eigenvalue weighted by molar-refractivity contribution is -0.149. The van der Waals surface area contributed by atoms with Gasteiger partial charge in [0, 0.05) is 10.6 Å². The highest BCUT2D eigenvalue weighted by atomic mass is 32.2. The monoisotopic (exact) mass is 395 g/mol. The zero-order valence-corrected chi connectivity index (χ0v) is 16.1. The first-order chi connectivity index (χ1) is 13.4. The summed E-state index contributed by atoms with van der Waals surface area (Å²) in [5.41, 5.74) is 2.72. The Morgan fingerprint density at radius 2 is 1.71 bits per heavy atom. The highest BCUT2D eigenvalue weighted by Gasteiger charge is 2.12. The summed E-state index contributed by atoms with van der Waals surface area (Å²) < 4.78 is 10.2. The van der Waals surface area contributed by atoms with Gasteiger partial charge in [-0.15, -0.1) is 0 Å². The van der Waals surface area contributed by atoms with Crippen LogP contribution in [0, 0.1) is 35.8 Å². The SMILES string of the molecule is Cc1cc(SC#N)cc(C)c1NC(=O)COC(=O)COc1ccc(C#N)cc1. The second-order valence-electron chi connectivity index (χ2n) is 5.76. The van der Waals surface area contributed by atoms with Gasteiger partial charge in [-0.3, -0.25) is 4.79 Å². The van der Waals surface area contributed by atoms with Crippen LogP contribution in [0.15, 0.2) is 41.3 Å². The first kappa shape index (κ1) is 20.8. The Bertz CT molecular complexity index is 936. The number of thioether (sulfide) groups is 1. The number of amides is 1. The topological polar surface area (TPSA) is 112 Å². The van der Waals surface area contributed by atoms with Crippen molar-refractivity contribution in [1.82, 2.24) is 0 Å². The molecular formula is C20H17N3O4S. The molecule has 0 unspecified atom stereocenters. The number of hydrogen-bond donors (Lipinski definition) is 1. The lowest BCUT2D eigenvalue weighted by atomic mass is 10.1. The fourth-order valence-electron chi connectivity index (χ4n) is 2.36. The van der Waals surface area contributed by atoms with Crippen LogP contribution in [0.5, 0.6) is 5.75 Å². The lowest BCUT2D eigenvalue weighted by Gasteiger charge is -2.13. The molecule has 2 aromatic carbocycles. The molecule has 142 valence electrons. The van der Waals surface area contributed by atoms with Crippen molar-refractivity contribution in [3.63, 3.8) is 0 Å². The largest absolute Gasteiger partial charge is 0.482 e. The van der Waals surface area contributed by atoms with E-state index in [-0.39, 0.29) is 6.61 Å². The van der Waals surface area contributed by atoms with Gasteiger partial charge in [-0.25, -0.2) is 4.79 Å². The van der Waals surface area contributed by atoms with Gasteiger partial charge in [0.1, 0.15) is 11.2 Å². The van der Waals surface area contributed by atoms with Crippen LogP contribution in [0.1, 0.15) is 16.7 Å². The van der Waals surface area contributed by atoms with Crippen molar-refractivity contribution >= 4 is 29.3 Å². The number of benzene rings is 2. The Morgan fingerprint density at radius 3 is 2.29 bits per heavy atom. The van der Waals surface area contributed by atoms with Crippen LogP contribution >= 0.6 is 11.8 Å². The Hall–Kier alpha value is -3.49. The standard InChI is InChI=1S/C20H17N3O4S/c1-13-7-17(28-12-22)8-14(2)20(13)23-18(24)10-27-19(25)11-26-16-5-3-15(9-21)4-6-16/h3-8H,10-11H2,1-2H3,(H,23,24). The third-order valence-corrected chi connectivity index (χ3v) is 4.20. The van der Waals surface area contributed by atoms with E-state index in [9.17, 15) is 9.59 Å². The highest BCUT2D eigenvalue weighted by Crippen LogP contribution is 2.27. The molecule has 0 spiro atoms. The van der Waals surface area contributed by atoms with Crippen LogP contribution in [-0.2, 0) is 14.3 Å². The molecule has 0 fully saturated rings. The van der Waals surface area contributed by atoms with Gasteiger partial charge in [0.2, 0.25) is 0 Å². The molecule has 2 rings (SSSR count). The molecule has 0 aliphatic rings. The quantitative estimate of drug-likeness (QED) is 0.435. The summed E-state index contributed by atoms with van der Waals surface area (Å²) in [6.07, 6.45) is 0. The lowest BCUT2D eigenvalue weighted by Crippen LogP contribution is -2.24. The number of anilines is 1. The Labute approximate surface area is 166 Å². The maximum absolute atomic E-state index is 12.1. The smallest absolute Gasteiger partial charge is 0.344 e. The van der Waals surface area contributed by atoms with Gasteiger partial charge in [-0.1, -0.05) is 0 Å². The summed E-state index contributed by atoms with van der Waals surface area (Å²) in [4.78, 5) is 24.6. The number of carbonyl (C=O) groups excluding carboxylic acids is 2. The minimum absolute atomic E-state index is 0.350. The molecule has 0 aliphatic heterocycles. The number of rotatable bonds is 7. The molecule has 0 aromatic heterocycles. The molecule has 0 atom stereocenters. The molecule has 0 saturated carbocycles. The minimum Gasteiger partial charge on any atom is -0.482 e. The number of thiocyanates is 1. The molecule has 28 heavy (non-hydrogen) atoms. The van der Waals surface area contributed by atoms with Crippen molar-refractivity contribution in [2.24, 2.45) is 0 Å². The van der Waals surface area contributed by atoms with E-state index in [1.54, 1.807) is 36.4 Å². The van der Waals surface area contributed by atoms with E-state index < -0.39 is 18.5 Å². The number of carbonyl (C=O) groups is 2. The fourth-order valence-corrected chi connectivity index (χ4v) is 2.94. The van der Waals surface area contributed by atoms with Gasteiger partial charge in [0.25, 0.3) is 5.91 Å². The maximum atomic E-state index is 12.1. The summed E-state index contributed by atoms with van der Waals surface area (Å²) in [7, 11) is 0. The molecule has 8 heteroatoms. The van der Waals surface area contributed by atoms with E-state index in [1.807, 2.05) is 25.3 Å². The van der Waals surface area contributed by atoms with Crippen molar-refractivity contribution in [3.05, 3.63) is 53.1 Å². The summed E-state index contributed by atoms with van der Waals surface area (Å²) in [5.74, 6) is -0.741. The van der Waals surface area contributed by atoms with Crippen LogP contribution in [0.4, 0.5) is 5.69 Å². The molecule has 7 nitrogen and oxygen atoms in total. The molecule has 1 amide bonds. The first-order valence-electron chi connectivity index (χ1n) is 8.18. The van der Waals surface area contributed by atoms with E-state index in [2.05, 4.69) is 5.32 Å². The fraction of sp³-hybridized carbons (Fsp3) is 0.200. The van der Waals surface area contributed by atoms with Crippen molar-refractivity contribution in [1.29, 1.82) is 10.5 Å². The van der Waals surface area contributed by atoms with Crippen molar-refractivity contribution in [2.45, 2.75) is 18.7 Å². The van der Waals surface area contributed by atoms with Gasteiger partial charge in [0.15, 0.2) is 13.2 Å². The average molecular weight is 395 g/mol. The second-order valence-corrected chi connectivity index (χ2v) is 6.62. The van der Waals surface area contributed by atoms with E-state index in [0.29, 0.717) is 17.0 Å². The van der Waals surface area contributed by atoms with Gasteiger partial charge >= 0.3 is 5.97 Å². The van der Waals surface area contributed by atoms with Gasteiger partial charge in [-0.05, 0) is 73.1 Å². The molecule has 2 aromatic rings. The van der Waals surface area contributed by atoms with Gasteiger partial charge in [0.05, 0.1) is 11.6 Å². The summed E-state index contributed by atoms with van der Waals surface area (Å²) >= 11 is 1.04. The predicted molar refractivity (Wildman–Crippen MR) is 104 cm³/mol. The molecular weight excluding hydrogens is 378 g/mol. The zero-order valence-electron chi connectivity index (χ0n) is 15.3. The van der Waals surface area contributed by atoms with E-state index in [0.717, 1.165) is 27.8 Å². The number of nitrogens with one attached hydrogen (secondary N) is 1. The van der Waals surface area contributed by atoms with Crippen molar-refractivity contribution < 1.29 is 19.1 Å². The molecule has 0 aliphatic carbocycles. The summed E-state index contributed by atoms with van der Waals surface area (Å²) in [6, 6.07) is 11.9. The number of ether oxygens (including phenoxy) is 2. The number of nitrogens with zero attached hydrogens (tertiary/aromatic N) is 2. The van der Waals surface area contributed by atoms with E-state index in [1.165, 1.54) is 0 Å². The number of aryl methyl sites for hydroxylation is 2. The Morgan fingerprint density at radius 1 is 1.07 bits per heavy atom. The van der Waals surface area contributed by atoms with Gasteiger partial charge in [-0.2, -0.15) is 10.5 Å². The summed E-state index contributed by atoms with van der Waals surface area (Å²) in [6.45, 7) is 2.85. The first-order valence-corrected chi connectivity index (χ1v) is 9.00. The van der Waals surface area contributed by atoms with Crippen LogP contribution < -0.4 is 10.1 Å². The molecule has 0 heterocycles. The third-order valence-electron chi connectivity index (χ3n) is 3.64. The number of hydrogen-bond acceptors (Lipinski definition) is 7. The summed E-state index contributed by atoms with van der Waals surface area (Å²) in [5, 5.41) is 22.2. The zero-order chi connectivity index (χ0) is 20.5. The normalized spacial score (nSPS) is 9.71. The highest BCUT2D eigenvalue weighted by molar-refractivity contribution is 8.03. The van der Waals surface area contributed by atoms with E-state index in [4.69, 9.17) is 20.0 Å². The minimum atomic E-state index is -0.686. The third kappa shape index (κ3) is 6.04. The molecule has 0 saturated heterocycles. The van der Waals surface area contributed by atoms with Gasteiger partial charge < -0.3 is 14.8 Å². The molecule has 1 N–H and O–H groups in total. The Balaban J connectivity index is 1.82. The van der Waals surface area contributed by atoms with Crippen molar-refractivity contribution in [2.75, 3.05) is 18.5 Å². The maximum Gasteiger partial charge on any atom is 0.344 e. The molecule has 0 bridgehead atoms. The van der Waals surface area contributed by atoms with Crippen LogP contribution in [0.25, 0.3) is 0 Å². The van der Waals surface area contributed by atoms with E-state index >= 15 is 0 Å². The van der Waals surface area contributed by atoms with Crippen LogP contribution in [0.2, 0.25) is 0 Å². The molecule has 0 radical (unpaired) electrons. The van der Waals surface area contributed by atoms with Crippen molar-refractivity contribution in [3.8, 4) is 17.2 Å². The predicted octanol–water partition coefficient (Wildman–Crippen LogP) is 3.31. The Kier molecular flexibility index (Phi) is 7.44. The number of nitriles is 2. The average Bonchev–Trinajstić information content (AvgIpc) is 2.68.